The first kappa shape index (κ1) is 13.7. The van der Waals surface area contributed by atoms with Gasteiger partial charge in [0.05, 0.1) is 16.2 Å². The lowest BCUT2D eigenvalue weighted by atomic mass is 10.2. The normalized spacial score (nSPS) is 11.6. The molecule has 0 radical (unpaired) electrons. The molecule has 0 amide bonds. The van der Waals surface area contributed by atoms with E-state index in [9.17, 15) is 18.5 Å². The summed E-state index contributed by atoms with van der Waals surface area (Å²) in [5, 5.41) is 11.1. The zero-order chi connectivity index (χ0) is 14.0. The largest absolute Gasteiger partial charge is 0.270 e. The smallest absolute Gasteiger partial charge is 0.258 e. The highest BCUT2D eigenvalue weighted by Gasteiger charge is 2.16. The van der Waals surface area contributed by atoms with Crippen LogP contribution in [0.25, 0.3) is 10.9 Å². The van der Waals surface area contributed by atoms with Gasteiger partial charge in [0.1, 0.15) is 0 Å². The van der Waals surface area contributed by atoms with Crippen molar-refractivity contribution in [2.24, 2.45) is 0 Å². The van der Waals surface area contributed by atoms with Crippen LogP contribution in [0.4, 0.5) is 5.69 Å². The van der Waals surface area contributed by atoms with Gasteiger partial charge in [0, 0.05) is 23.4 Å². The summed E-state index contributed by atoms with van der Waals surface area (Å²) < 4.78 is 23.6. The van der Waals surface area contributed by atoms with E-state index in [0.717, 1.165) is 0 Å². The number of nitrogens with zero attached hydrogens (tertiary/aromatic N) is 2. The van der Waals surface area contributed by atoms with E-state index < -0.39 is 14.8 Å². The Balaban J connectivity index is 2.54. The number of halogens is 1. The summed E-state index contributed by atoms with van der Waals surface area (Å²) in [7, 11) is -3.51. The van der Waals surface area contributed by atoms with Crippen LogP contribution in [0.15, 0.2) is 35.4 Å². The molecule has 6 nitrogen and oxygen atoms in total. The number of nitro benzene ring substituents is 1. The second-order valence-corrected chi connectivity index (χ2v) is 6.23. The summed E-state index contributed by atoms with van der Waals surface area (Å²) in [6.45, 7) is 0. The van der Waals surface area contributed by atoms with Gasteiger partial charge in [-0.25, -0.2) is 13.4 Å². The maximum Gasteiger partial charge on any atom is 0.270 e. The average molecular weight is 301 g/mol. The fourth-order valence-corrected chi connectivity index (χ4v) is 3.12. The van der Waals surface area contributed by atoms with Crippen LogP contribution >= 0.6 is 11.6 Å². The molecule has 2 aromatic rings. The number of hydrogen-bond acceptors (Lipinski definition) is 5. The van der Waals surface area contributed by atoms with Gasteiger partial charge in [0.25, 0.3) is 5.69 Å². The molecule has 1 aromatic heterocycles. The third kappa shape index (κ3) is 2.82. The minimum atomic E-state index is -3.51. The molecule has 0 aliphatic heterocycles. The topological polar surface area (TPSA) is 90.2 Å². The van der Waals surface area contributed by atoms with Crippen LogP contribution in [0.2, 0.25) is 0 Å². The van der Waals surface area contributed by atoms with Crippen LogP contribution in [0, 0.1) is 10.1 Å². The van der Waals surface area contributed by atoms with Crippen molar-refractivity contribution in [3.05, 3.63) is 40.4 Å². The fourth-order valence-electron chi connectivity index (χ4n) is 1.59. The first-order valence-corrected chi connectivity index (χ1v) is 7.46. The maximum absolute atomic E-state index is 11.8. The van der Waals surface area contributed by atoms with E-state index in [1.165, 1.54) is 30.3 Å². The number of pyridine rings is 1. The lowest BCUT2D eigenvalue weighted by Gasteiger charge is -2.03. The van der Waals surface area contributed by atoms with Crippen LogP contribution in [-0.4, -0.2) is 30.0 Å². The van der Waals surface area contributed by atoms with Crippen LogP contribution in [0.3, 0.4) is 0 Å². The lowest BCUT2D eigenvalue weighted by molar-refractivity contribution is -0.384. The molecule has 0 fully saturated rings. The van der Waals surface area contributed by atoms with Gasteiger partial charge < -0.3 is 0 Å². The highest BCUT2D eigenvalue weighted by atomic mass is 35.5. The number of benzene rings is 1. The lowest BCUT2D eigenvalue weighted by Crippen LogP contribution is -2.09. The molecule has 0 aliphatic carbocycles. The Kier molecular flexibility index (Phi) is 3.68. The third-order valence-electron chi connectivity index (χ3n) is 2.52. The van der Waals surface area contributed by atoms with Gasteiger partial charge >= 0.3 is 0 Å². The molecule has 0 saturated heterocycles. The minimum Gasteiger partial charge on any atom is -0.258 e. The highest BCUT2D eigenvalue weighted by molar-refractivity contribution is 7.91. The molecule has 0 spiro atoms. The fraction of sp³-hybridized carbons (Fsp3) is 0.182. The molecule has 19 heavy (non-hydrogen) atoms. The van der Waals surface area contributed by atoms with Crippen molar-refractivity contribution in [3.63, 3.8) is 0 Å². The molecule has 0 aliphatic rings. The first-order chi connectivity index (χ1) is 8.94. The highest BCUT2D eigenvalue weighted by Crippen LogP contribution is 2.21. The standard InChI is InChI=1S/C11H9ClN2O4S/c12-5-6-19(17,18)11-4-1-8-7-9(14(15)16)2-3-10(8)13-11/h1-4,7H,5-6H2. The van der Waals surface area contributed by atoms with Gasteiger partial charge in [0.2, 0.25) is 0 Å². The van der Waals surface area contributed by atoms with Gasteiger partial charge in [-0.2, -0.15) is 0 Å². The van der Waals surface area contributed by atoms with Gasteiger partial charge in [-0.1, -0.05) is 0 Å². The molecular weight excluding hydrogens is 292 g/mol. The van der Waals surface area contributed by atoms with E-state index in [0.29, 0.717) is 10.9 Å². The molecule has 1 heterocycles. The quantitative estimate of drug-likeness (QED) is 0.490. The van der Waals surface area contributed by atoms with Crippen LogP contribution < -0.4 is 0 Å². The second kappa shape index (κ2) is 5.10. The second-order valence-electron chi connectivity index (χ2n) is 3.79. The Morgan fingerprint density at radius 2 is 2.00 bits per heavy atom. The van der Waals surface area contributed by atoms with Gasteiger partial charge in [0.15, 0.2) is 14.9 Å². The molecule has 100 valence electrons. The molecule has 8 heteroatoms. The number of nitro groups is 1. The van der Waals surface area contributed by atoms with Crippen molar-refractivity contribution >= 4 is 38.0 Å². The molecule has 0 N–H and O–H groups in total. The van der Waals surface area contributed by atoms with Crippen LogP contribution in [0.1, 0.15) is 0 Å². The van der Waals surface area contributed by atoms with Gasteiger partial charge in [-0.3, -0.25) is 10.1 Å². The number of alkyl halides is 1. The summed E-state index contributed by atoms with van der Waals surface area (Å²) in [4.78, 5) is 14.1. The average Bonchev–Trinajstić information content (AvgIpc) is 2.37. The van der Waals surface area contributed by atoms with Crippen molar-refractivity contribution < 1.29 is 13.3 Å². The van der Waals surface area contributed by atoms with E-state index >= 15 is 0 Å². The number of sulfone groups is 1. The van der Waals surface area contributed by atoms with Crippen molar-refractivity contribution in [2.45, 2.75) is 5.03 Å². The SMILES string of the molecule is O=[N+]([O-])c1ccc2nc(S(=O)(=O)CCCl)ccc2c1. The summed E-state index contributed by atoms with van der Waals surface area (Å²) in [5.74, 6) is -0.206. The molecular formula is C11H9ClN2O4S. The predicted molar refractivity (Wildman–Crippen MR) is 71.2 cm³/mol. The van der Waals surface area contributed by atoms with E-state index in [2.05, 4.69) is 4.98 Å². The molecule has 0 unspecified atom stereocenters. The Hall–Kier alpha value is -1.73. The Labute approximate surface area is 114 Å². The van der Waals surface area contributed by atoms with E-state index in [1.54, 1.807) is 0 Å². The zero-order valence-electron chi connectivity index (χ0n) is 9.61. The Morgan fingerprint density at radius 3 is 2.63 bits per heavy atom. The molecule has 0 saturated carbocycles. The number of rotatable bonds is 4. The Bertz CT molecular complexity index is 745. The van der Waals surface area contributed by atoms with Crippen LogP contribution in [0.5, 0.6) is 0 Å². The summed E-state index contributed by atoms with van der Waals surface area (Å²) in [6.07, 6.45) is 0. The van der Waals surface area contributed by atoms with Gasteiger partial charge in [-0.05, 0) is 18.2 Å². The number of hydrogen-bond donors (Lipinski definition) is 0. The monoisotopic (exact) mass is 300 g/mol. The molecule has 0 bridgehead atoms. The maximum atomic E-state index is 11.8. The molecule has 0 atom stereocenters. The van der Waals surface area contributed by atoms with Crippen molar-refractivity contribution in [1.82, 2.24) is 4.98 Å². The minimum absolute atomic E-state index is 0.0116. The van der Waals surface area contributed by atoms with E-state index in [-0.39, 0.29) is 22.3 Å². The van der Waals surface area contributed by atoms with Gasteiger partial charge in [-0.15, -0.1) is 11.6 Å². The third-order valence-corrected chi connectivity index (χ3v) is 4.54. The van der Waals surface area contributed by atoms with E-state index in [4.69, 9.17) is 11.6 Å². The number of aromatic nitrogens is 1. The van der Waals surface area contributed by atoms with E-state index in [1.807, 2.05) is 0 Å². The summed E-state index contributed by atoms with van der Waals surface area (Å²) in [5.41, 5.74) is 0.326. The van der Waals surface area contributed by atoms with Crippen molar-refractivity contribution in [3.8, 4) is 0 Å². The number of non-ortho nitro benzene ring substituents is 1. The molecule has 1 aromatic carbocycles. The van der Waals surface area contributed by atoms with Crippen LogP contribution in [-0.2, 0) is 9.84 Å². The summed E-state index contributed by atoms with van der Waals surface area (Å²) >= 11 is 5.43. The Morgan fingerprint density at radius 1 is 1.26 bits per heavy atom. The zero-order valence-corrected chi connectivity index (χ0v) is 11.2. The predicted octanol–water partition coefficient (Wildman–Crippen LogP) is 2.16. The molecule has 2 rings (SSSR count). The summed E-state index contributed by atoms with van der Waals surface area (Å²) in [6, 6.07) is 6.88. The first-order valence-electron chi connectivity index (χ1n) is 5.28. The number of fused-ring (bicyclic) bond motifs is 1. The van der Waals surface area contributed by atoms with Crippen molar-refractivity contribution in [2.75, 3.05) is 11.6 Å². The van der Waals surface area contributed by atoms with Crippen molar-refractivity contribution in [1.29, 1.82) is 0 Å².